The Balaban J connectivity index is 1.52. The van der Waals surface area contributed by atoms with Crippen LogP contribution in [0.4, 0.5) is 18.9 Å². The second kappa shape index (κ2) is 8.71. The van der Waals surface area contributed by atoms with E-state index >= 15 is 0 Å². The van der Waals surface area contributed by atoms with Crippen molar-refractivity contribution in [3.8, 4) is 6.07 Å². The molecule has 180 valence electrons. The van der Waals surface area contributed by atoms with Gasteiger partial charge in [-0.05, 0) is 30.7 Å². The van der Waals surface area contributed by atoms with Crippen LogP contribution in [0, 0.1) is 17.1 Å². The predicted molar refractivity (Wildman–Crippen MR) is 114 cm³/mol. The number of rotatable bonds is 6. The van der Waals surface area contributed by atoms with E-state index in [2.05, 4.69) is 26.0 Å². The van der Waals surface area contributed by atoms with Crippen molar-refractivity contribution in [3.05, 3.63) is 65.0 Å². The Morgan fingerprint density at radius 1 is 1.23 bits per heavy atom. The molecule has 1 atom stereocenters. The maximum Gasteiger partial charge on any atom is 0.293 e. The summed E-state index contributed by atoms with van der Waals surface area (Å²) < 4.78 is 42.8. The molecule has 1 fully saturated rings. The fourth-order valence-electron chi connectivity index (χ4n) is 4.04. The minimum Gasteiger partial charge on any atom is -0.346 e. The molecule has 10 nitrogen and oxygen atoms in total. The Morgan fingerprint density at radius 2 is 2.00 bits per heavy atom. The number of benzene rings is 1. The van der Waals surface area contributed by atoms with Gasteiger partial charge in [-0.1, -0.05) is 0 Å². The van der Waals surface area contributed by atoms with Crippen molar-refractivity contribution < 1.29 is 27.6 Å². The molecule has 35 heavy (non-hydrogen) atoms. The van der Waals surface area contributed by atoms with E-state index in [1.165, 1.54) is 30.1 Å². The number of aryl methyl sites for hydroxylation is 1. The molecule has 1 aliphatic rings. The first-order valence-corrected chi connectivity index (χ1v) is 10.3. The number of Topliss-reactive ketones (excluding diaryl/α,β-unsaturated/α-hetero) is 1. The number of H-pyrrole nitrogens is 1. The highest BCUT2D eigenvalue weighted by molar-refractivity contribution is 6.43. The number of aromatic amines is 1. The number of ketones is 1. The van der Waals surface area contributed by atoms with Gasteiger partial charge in [-0.3, -0.25) is 14.4 Å². The number of anilines is 1. The average molecular weight is 485 g/mol. The number of hydrogen-bond donors (Lipinski definition) is 3. The minimum absolute atomic E-state index is 0.0115. The Hall–Kier alpha value is -4.47. The Morgan fingerprint density at radius 3 is 2.63 bits per heavy atom. The quantitative estimate of drug-likeness (QED) is 0.361. The normalized spacial score (nSPS) is 18.6. The van der Waals surface area contributed by atoms with Gasteiger partial charge in [0.05, 0.1) is 17.3 Å². The maximum atomic E-state index is 14.0. The summed E-state index contributed by atoms with van der Waals surface area (Å²) in [6, 6.07) is 6.26. The third-order valence-corrected chi connectivity index (χ3v) is 5.79. The lowest BCUT2D eigenvalue weighted by molar-refractivity contribution is -0.119. The largest absolute Gasteiger partial charge is 0.346 e. The van der Waals surface area contributed by atoms with E-state index in [-0.39, 0.29) is 34.6 Å². The van der Waals surface area contributed by atoms with Crippen molar-refractivity contribution in [2.75, 3.05) is 5.32 Å². The number of nitrogens with one attached hydrogen (secondary N) is 3. The molecule has 0 radical (unpaired) electrons. The standard InChI is InChI=1S/C22H18F3N7O3/c1-32-10-13(7-16(32)19(34)28-14-2-3-15(23)12(6-14)8-26)18(33)20(35)29-21(17-9-27-31-30-17)4-5-22(24,25)11-21/h2-3,6-7,9-10H,4-5,11H2,1H3,(H,28,34)(H,29,35)(H,27,30,31)/t21-/m0/s1. The van der Waals surface area contributed by atoms with E-state index in [1.54, 1.807) is 6.07 Å². The van der Waals surface area contributed by atoms with Crippen molar-refractivity contribution in [1.29, 1.82) is 5.26 Å². The fraction of sp³-hybridized carbons (Fsp3) is 0.273. The third kappa shape index (κ3) is 4.63. The molecular weight excluding hydrogens is 467 g/mol. The van der Waals surface area contributed by atoms with Crippen LogP contribution in [0.2, 0.25) is 0 Å². The van der Waals surface area contributed by atoms with Crippen LogP contribution in [0.25, 0.3) is 0 Å². The first-order chi connectivity index (χ1) is 16.5. The topological polar surface area (TPSA) is 146 Å². The molecule has 0 saturated heterocycles. The molecular formula is C22H18F3N7O3. The van der Waals surface area contributed by atoms with Gasteiger partial charge in [0, 0.05) is 37.3 Å². The first kappa shape index (κ1) is 23.7. The van der Waals surface area contributed by atoms with E-state index < -0.39 is 47.7 Å². The number of nitriles is 1. The zero-order chi connectivity index (χ0) is 25.4. The summed E-state index contributed by atoms with van der Waals surface area (Å²) in [5.41, 5.74) is -1.76. The van der Waals surface area contributed by atoms with E-state index in [0.717, 1.165) is 18.2 Å². The zero-order valence-electron chi connectivity index (χ0n) is 18.2. The number of carbonyl (C=O) groups is 3. The number of halogens is 3. The summed E-state index contributed by atoms with van der Waals surface area (Å²) >= 11 is 0. The van der Waals surface area contributed by atoms with Crippen LogP contribution in [0.5, 0.6) is 0 Å². The lowest BCUT2D eigenvalue weighted by Gasteiger charge is -2.27. The number of carbonyl (C=O) groups excluding carboxylic acids is 3. The molecule has 13 heteroatoms. The van der Waals surface area contributed by atoms with Gasteiger partial charge in [0.15, 0.2) is 0 Å². The number of amides is 2. The lowest BCUT2D eigenvalue weighted by Crippen LogP contribution is -2.47. The Kier molecular flexibility index (Phi) is 5.89. The monoisotopic (exact) mass is 485 g/mol. The Labute approximate surface area is 196 Å². The molecule has 1 saturated carbocycles. The van der Waals surface area contributed by atoms with E-state index in [4.69, 9.17) is 5.26 Å². The van der Waals surface area contributed by atoms with Gasteiger partial charge in [0.1, 0.15) is 23.3 Å². The van der Waals surface area contributed by atoms with Gasteiger partial charge in [0.2, 0.25) is 0 Å². The minimum atomic E-state index is -3.06. The van der Waals surface area contributed by atoms with E-state index in [1.807, 2.05) is 0 Å². The van der Waals surface area contributed by atoms with Crippen molar-refractivity contribution in [3.63, 3.8) is 0 Å². The first-order valence-electron chi connectivity index (χ1n) is 10.3. The molecule has 1 aromatic carbocycles. The van der Waals surface area contributed by atoms with E-state index in [9.17, 15) is 27.6 Å². The number of hydrogen-bond acceptors (Lipinski definition) is 6. The van der Waals surface area contributed by atoms with Crippen molar-refractivity contribution in [1.82, 2.24) is 25.3 Å². The van der Waals surface area contributed by atoms with Crippen LogP contribution in [0.15, 0.2) is 36.7 Å². The maximum absolute atomic E-state index is 14.0. The molecule has 0 spiro atoms. The molecule has 1 aliphatic carbocycles. The molecule has 0 bridgehead atoms. The summed E-state index contributed by atoms with van der Waals surface area (Å²) in [7, 11) is 1.46. The molecule has 3 aromatic rings. The summed E-state index contributed by atoms with van der Waals surface area (Å²) in [4.78, 5) is 38.2. The second-order valence-electron chi connectivity index (χ2n) is 8.24. The Bertz CT molecular complexity index is 1360. The summed E-state index contributed by atoms with van der Waals surface area (Å²) in [5.74, 6) is -6.66. The zero-order valence-corrected chi connectivity index (χ0v) is 18.2. The number of alkyl halides is 2. The molecule has 0 aliphatic heterocycles. The van der Waals surface area contributed by atoms with Crippen LogP contribution in [-0.2, 0) is 17.4 Å². The van der Waals surface area contributed by atoms with Crippen molar-refractivity contribution in [2.45, 2.75) is 30.7 Å². The molecule has 0 unspecified atom stereocenters. The third-order valence-electron chi connectivity index (χ3n) is 5.79. The molecule has 2 aromatic heterocycles. The molecule has 3 N–H and O–H groups in total. The van der Waals surface area contributed by atoms with Crippen LogP contribution in [0.1, 0.15) is 51.4 Å². The van der Waals surface area contributed by atoms with Gasteiger partial charge in [-0.25, -0.2) is 13.2 Å². The summed E-state index contributed by atoms with van der Waals surface area (Å²) in [5, 5.41) is 23.6. The molecule has 2 heterocycles. The number of nitrogens with zero attached hydrogens (tertiary/aromatic N) is 4. The van der Waals surface area contributed by atoms with Gasteiger partial charge >= 0.3 is 0 Å². The van der Waals surface area contributed by atoms with Crippen LogP contribution in [-0.4, -0.2) is 43.5 Å². The van der Waals surface area contributed by atoms with Crippen LogP contribution < -0.4 is 10.6 Å². The highest BCUT2D eigenvalue weighted by atomic mass is 19.3. The predicted octanol–water partition coefficient (Wildman–Crippen LogP) is 2.42. The van der Waals surface area contributed by atoms with Gasteiger partial charge < -0.3 is 15.2 Å². The van der Waals surface area contributed by atoms with Gasteiger partial charge in [0.25, 0.3) is 23.5 Å². The number of aromatic nitrogens is 4. The highest BCUT2D eigenvalue weighted by Crippen LogP contribution is 2.46. The van der Waals surface area contributed by atoms with Crippen molar-refractivity contribution in [2.24, 2.45) is 7.05 Å². The molecule has 4 rings (SSSR count). The average Bonchev–Trinajstić information content (AvgIpc) is 3.54. The molecule has 2 amide bonds. The summed E-state index contributed by atoms with van der Waals surface area (Å²) in [6.45, 7) is 0. The van der Waals surface area contributed by atoms with Crippen LogP contribution >= 0.6 is 0 Å². The van der Waals surface area contributed by atoms with Crippen LogP contribution in [0.3, 0.4) is 0 Å². The second-order valence-corrected chi connectivity index (χ2v) is 8.24. The SMILES string of the molecule is Cn1cc(C(=O)C(=O)N[C@@]2(c3cn[nH]n3)CCC(F)(F)C2)cc1C(=O)Nc1ccc(F)c(C#N)c1. The van der Waals surface area contributed by atoms with Gasteiger partial charge in [-0.15, -0.1) is 0 Å². The highest BCUT2D eigenvalue weighted by Gasteiger charge is 2.53. The smallest absolute Gasteiger partial charge is 0.293 e. The lowest BCUT2D eigenvalue weighted by atomic mass is 9.93. The summed E-state index contributed by atoms with van der Waals surface area (Å²) in [6.07, 6.45) is 1.08. The fourth-order valence-corrected chi connectivity index (χ4v) is 4.04. The van der Waals surface area contributed by atoms with Crippen molar-refractivity contribution >= 4 is 23.3 Å². The van der Waals surface area contributed by atoms with Gasteiger partial charge in [-0.2, -0.15) is 20.7 Å². The van der Waals surface area contributed by atoms with E-state index in [0.29, 0.717) is 0 Å².